The molecule has 0 heterocycles. The Morgan fingerprint density at radius 1 is 1.23 bits per heavy atom. The first-order valence-electron chi connectivity index (χ1n) is 6.91. The molecule has 2 aromatic rings. The highest BCUT2D eigenvalue weighted by atomic mass is 19.1. The molecule has 0 saturated carbocycles. The van der Waals surface area contributed by atoms with Crippen LogP contribution in [0.5, 0.6) is 5.75 Å². The van der Waals surface area contributed by atoms with Crippen LogP contribution in [-0.2, 0) is 11.3 Å². The molecule has 0 saturated heterocycles. The van der Waals surface area contributed by atoms with Gasteiger partial charge in [-0.2, -0.15) is 0 Å². The van der Waals surface area contributed by atoms with Gasteiger partial charge in [0.15, 0.2) is 11.6 Å². The van der Waals surface area contributed by atoms with E-state index in [-0.39, 0.29) is 11.7 Å². The van der Waals surface area contributed by atoms with Gasteiger partial charge in [0.05, 0.1) is 7.11 Å². The lowest BCUT2D eigenvalue weighted by Crippen LogP contribution is -2.24. The molecule has 0 unspecified atom stereocenters. The highest BCUT2D eigenvalue weighted by Gasteiger charge is 2.08. The van der Waals surface area contributed by atoms with Crippen molar-refractivity contribution in [2.24, 2.45) is 0 Å². The van der Waals surface area contributed by atoms with E-state index in [1.165, 1.54) is 24.2 Å². The number of hydrogen-bond acceptors (Lipinski definition) is 2. The number of methoxy groups -OCH3 is 1. The molecule has 0 fully saturated rings. The Bertz CT molecular complexity index is 668. The van der Waals surface area contributed by atoms with Gasteiger partial charge < -0.3 is 9.64 Å². The Morgan fingerprint density at radius 2 is 1.95 bits per heavy atom. The summed E-state index contributed by atoms with van der Waals surface area (Å²) in [4.78, 5) is 13.6. The van der Waals surface area contributed by atoms with E-state index < -0.39 is 5.82 Å². The summed E-state index contributed by atoms with van der Waals surface area (Å²) in [6.45, 7) is 0.332. The van der Waals surface area contributed by atoms with Crippen molar-refractivity contribution in [2.75, 3.05) is 14.2 Å². The van der Waals surface area contributed by atoms with E-state index in [1.54, 1.807) is 25.3 Å². The number of carbonyl (C=O) groups is 1. The summed E-state index contributed by atoms with van der Waals surface area (Å²) in [5, 5.41) is 0. The number of nitrogens with zero attached hydrogens (tertiary/aromatic N) is 1. The first kappa shape index (κ1) is 15.8. The van der Waals surface area contributed by atoms with Crippen LogP contribution in [0.25, 0.3) is 6.08 Å². The van der Waals surface area contributed by atoms with Crippen molar-refractivity contribution in [3.63, 3.8) is 0 Å². The maximum Gasteiger partial charge on any atom is 0.246 e. The van der Waals surface area contributed by atoms with Crippen LogP contribution >= 0.6 is 0 Å². The Balaban J connectivity index is 1.99. The first-order chi connectivity index (χ1) is 10.6. The van der Waals surface area contributed by atoms with Gasteiger partial charge in [-0.25, -0.2) is 4.39 Å². The molecular weight excluding hydrogens is 281 g/mol. The van der Waals surface area contributed by atoms with Crippen LogP contribution in [0, 0.1) is 5.82 Å². The fraction of sp³-hybridized carbons (Fsp3) is 0.167. The molecule has 3 nitrogen and oxygen atoms in total. The smallest absolute Gasteiger partial charge is 0.246 e. The van der Waals surface area contributed by atoms with E-state index in [0.717, 1.165) is 5.56 Å². The summed E-state index contributed by atoms with van der Waals surface area (Å²) >= 11 is 0. The Morgan fingerprint density at radius 3 is 2.59 bits per heavy atom. The molecular formula is C18H18FNO2. The van der Waals surface area contributed by atoms with Crippen LogP contribution in [0.4, 0.5) is 4.39 Å². The third kappa shape index (κ3) is 4.19. The third-order valence-electron chi connectivity index (χ3n) is 3.23. The zero-order valence-corrected chi connectivity index (χ0v) is 12.6. The maximum absolute atomic E-state index is 13.6. The van der Waals surface area contributed by atoms with Crippen molar-refractivity contribution in [1.82, 2.24) is 4.90 Å². The predicted molar refractivity (Wildman–Crippen MR) is 84.9 cm³/mol. The van der Waals surface area contributed by atoms with Crippen LogP contribution in [0.3, 0.4) is 0 Å². The summed E-state index contributed by atoms with van der Waals surface area (Å²) in [5.74, 6) is -0.373. The second-order valence-corrected chi connectivity index (χ2v) is 4.91. The molecule has 0 radical (unpaired) electrons. The monoisotopic (exact) mass is 299 g/mol. The largest absolute Gasteiger partial charge is 0.494 e. The summed E-state index contributed by atoms with van der Waals surface area (Å²) in [7, 11) is 3.10. The van der Waals surface area contributed by atoms with Crippen LogP contribution in [-0.4, -0.2) is 25.0 Å². The average Bonchev–Trinajstić information content (AvgIpc) is 2.53. The Hall–Kier alpha value is -2.62. The molecule has 22 heavy (non-hydrogen) atoms. The van der Waals surface area contributed by atoms with E-state index in [2.05, 4.69) is 0 Å². The topological polar surface area (TPSA) is 29.5 Å². The quantitative estimate of drug-likeness (QED) is 0.791. The lowest BCUT2D eigenvalue weighted by molar-refractivity contribution is -0.125. The van der Waals surface area contributed by atoms with Crippen LogP contribution in [0.2, 0.25) is 0 Å². The average molecular weight is 299 g/mol. The fourth-order valence-corrected chi connectivity index (χ4v) is 2.02. The zero-order valence-electron chi connectivity index (χ0n) is 12.6. The number of carbonyl (C=O) groups excluding carboxylic acids is 1. The molecule has 2 aromatic carbocycles. The predicted octanol–water partition coefficient (Wildman–Crippen LogP) is 3.51. The summed E-state index contributed by atoms with van der Waals surface area (Å²) in [6, 6.07) is 14.3. The second-order valence-electron chi connectivity index (χ2n) is 4.91. The summed E-state index contributed by atoms with van der Waals surface area (Å²) in [5.41, 5.74) is 1.67. The highest BCUT2D eigenvalue weighted by Crippen LogP contribution is 2.18. The molecule has 4 heteroatoms. The minimum Gasteiger partial charge on any atom is -0.494 e. The van der Waals surface area contributed by atoms with Gasteiger partial charge in [-0.05, 0) is 29.3 Å². The van der Waals surface area contributed by atoms with E-state index in [4.69, 9.17) is 4.74 Å². The standard InChI is InChI=1S/C18H18FNO2/c1-20(13-15-8-10-17(22-2)16(19)12-15)18(21)11-9-14-6-4-3-5-7-14/h3-12H,13H2,1-2H3/b11-9+. The van der Waals surface area contributed by atoms with E-state index >= 15 is 0 Å². The molecule has 1 amide bonds. The summed E-state index contributed by atoms with van der Waals surface area (Å²) in [6.07, 6.45) is 3.27. The van der Waals surface area contributed by atoms with E-state index in [0.29, 0.717) is 12.1 Å². The highest BCUT2D eigenvalue weighted by molar-refractivity contribution is 5.91. The lowest BCUT2D eigenvalue weighted by atomic mass is 10.2. The molecule has 114 valence electrons. The first-order valence-corrected chi connectivity index (χ1v) is 6.91. The molecule has 0 spiro atoms. The number of ether oxygens (including phenoxy) is 1. The third-order valence-corrected chi connectivity index (χ3v) is 3.23. The van der Waals surface area contributed by atoms with Gasteiger partial charge in [0.2, 0.25) is 5.91 Å². The normalized spacial score (nSPS) is 10.7. The Labute approximate surface area is 129 Å². The van der Waals surface area contributed by atoms with E-state index in [9.17, 15) is 9.18 Å². The number of halogens is 1. The molecule has 0 aliphatic heterocycles. The van der Waals surface area contributed by atoms with Gasteiger partial charge in [0.1, 0.15) is 0 Å². The van der Waals surface area contributed by atoms with Gasteiger partial charge in [0, 0.05) is 19.7 Å². The van der Waals surface area contributed by atoms with Crippen molar-refractivity contribution in [3.8, 4) is 5.75 Å². The Kier molecular flexibility index (Phi) is 5.31. The number of benzene rings is 2. The number of likely N-dealkylation sites (N-methyl/N-ethyl adjacent to an activating group) is 1. The molecule has 0 aromatic heterocycles. The van der Waals surface area contributed by atoms with Crippen molar-refractivity contribution >= 4 is 12.0 Å². The second kappa shape index (κ2) is 7.41. The van der Waals surface area contributed by atoms with Crippen LogP contribution < -0.4 is 4.74 Å². The van der Waals surface area contributed by atoms with Crippen LogP contribution in [0.1, 0.15) is 11.1 Å². The number of hydrogen-bond donors (Lipinski definition) is 0. The van der Waals surface area contributed by atoms with Gasteiger partial charge in [-0.1, -0.05) is 36.4 Å². The number of amides is 1. The SMILES string of the molecule is COc1ccc(CN(C)C(=O)/C=C/c2ccccc2)cc1F. The molecule has 0 aliphatic carbocycles. The number of rotatable bonds is 5. The lowest BCUT2D eigenvalue weighted by Gasteiger charge is -2.15. The molecule has 2 rings (SSSR count). The zero-order chi connectivity index (χ0) is 15.9. The van der Waals surface area contributed by atoms with Gasteiger partial charge >= 0.3 is 0 Å². The molecule has 0 atom stereocenters. The van der Waals surface area contributed by atoms with Gasteiger partial charge in [-0.3, -0.25) is 4.79 Å². The van der Waals surface area contributed by atoms with Gasteiger partial charge in [-0.15, -0.1) is 0 Å². The minimum absolute atomic E-state index is 0.139. The maximum atomic E-state index is 13.6. The fourth-order valence-electron chi connectivity index (χ4n) is 2.02. The molecule has 0 N–H and O–H groups in total. The van der Waals surface area contributed by atoms with E-state index in [1.807, 2.05) is 30.3 Å². The molecule has 0 bridgehead atoms. The van der Waals surface area contributed by atoms with Gasteiger partial charge in [0.25, 0.3) is 0 Å². The van der Waals surface area contributed by atoms with Crippen molar-refractivity contribution in [2.45, 2.75) is 6.54 Å². The summed E-state index contributed by atoms with van der Waals surface area (Å²) < 4.78 is 18.5. The minimum atomic E-state index is -0.430. The van der Waals surface area contributed by atoms with Crippen molar-refractivity contribution < 1.29 is 13.9 Å². The van der Waals surface area contributed by atoms with Crippen LogP contribution in [0.15, 0.2) is 54.6 Å². The van der Waals surface area contributed by atoms with Crippen molar-refractivity contribution in [3.05, 3.63) is 71.6 Å². The van der Waals surface area contributed by atoms with Crippen molar-refractivity contribution in [1.29, 1.82) is 0 Å². The molecule has 0 aliphatic rings.